The Bertz CT molecular complexity index is 350. The summed E-state index contributed by atoms with van der Waals surface area (Å²) in [6.45, 7) is 4.65. The van der Waals surface area contributed by atoms with Crippen LogP contribution in [0.25, 0.3) is 0 Å². The van der Waals surface area contributed by atoms with Crippen molar-refractivity contribution < 1.29 is 9.59 Å². The van der Waals surface area contributed by atoms with Crippen molar-refractivity contribution in [2.75, 3.05) is 13.1 Å². The van der Waals surface area contributed by atoms with E-state index in [0.29, 0.717) is 19.1 Å². The molecule has 2 rings (SSSR count). The zero-order valence-corrected chi connectivity index (χ0v) is 11.2. The third-order valence-corrected chi connectivity index (χ3v) is 3.83. The Hall–Kier alpha value is -1.10. The number of likely N-dealkylation sites (tertiary alicyclic amines) is 1. The molecule has 1 saturated carbocycles. The molecule has 18 heavy (non-hydrogen) atoms. The highest BCUT2D eigenvalue weighted by Crippen LogP contribution is 2.26. The first-order valence-corrected chi connectivity index (χ1v) is 6.77. The topological polar surface area (TPSA) is 75.4 Å². The molecule has 5 heteroatoms. The van der Waals surface area contributed by atoms with E-state index in [1.165, 1.54) is 0 Å². The molecule has 1 heterocycles. The van der Waals surface area contributed by atoms with Crippen LogP contribution in [0.2, 0.25) is 0 Å². The van der Waals surface area contributed by atoms with Gasteiger partial charge in [0.15, 0.2) is 0 Å². The summed E-state index contributed by atoms with van der Waals surface area (Å²) in [5.74, 6) is 0.00891. The summed E-state index contributed by atoms with van der Waals surface area (Å²) in [5, 5.41) is 2.99. The van der Waals surface area contributed by atoms with Gasteiger partial charge in [-0.2, -0.15) is 0 Å². The van der Waals surface area contributed by atoms with E-state index in [-0.39, 0.29) is 17.9 Å². The third kappa shape index (κ3) is 2.66. The second-order valence-corrected chi connectivity index (χ2v) is 6.03. The van der Waals surface area contributed by atoms with Gasteiger partial charge in [0.2, 0.25) is 11.8 Å². The van der Waals surface area contributed by atoms with Crippen molar-refractivity contribution in [2.45, 2.75) is 51.6 Å². The van der Waals surface area contributed by atoms with E-state index in [9.17, 15) is 9.59 Å². The highest BCUT2D eigenvalue weighted by atomic mass is 16.2. The molecular formula is C13H23N3O2. The number of hydrogen-bond acceptors (Lipinski definition) is 3. The summed E-state index contributed by atoms with van der Waals surface area (Å²) < 4.78 is 0. The maximum Gasteiger partial charge on any atom is 0.243 e. The van der Waals surface area contributed by atoms with Crippen LogP contribution in [0.3, 0.4) is 0 Å². The van der Waals surface area contributed by atoms with Crippen molar-refractivity contribution in [3.63, 3.8) is 0 Å². The SMILES string of the molecule is CC(C)(CN)C(=O)N1CCCC1C(=O)NC1CC1. The lowest BCUT2D eigenvalue weighted by Crippen LogP contribution is -2.51. The van der Waals surface area contributed by atoms with Crippen LogP contribution in [0.5, 0.6) is 0 Å². The summed E-state index contributed by atoms with van der Waals surface area (Å²) in [5.41, 5.74) is 5.06. The van der Waals surface area contributed by atoms with Crippen molar-refractivity contribution in [3.8, 4) is 0 Å². The molecule has 1 aliphatic carbocycles. The molecule has 2 aliphatic rings. The summed E-state index contributed by atoms with van der Waals surface area (Å²) >= 11 is 0. The Morgan fingerprint density at radius 3 is 2.56 bits per heavy atom. The Kier molecular flexibility index (Phi) is 3.61. The van der Waals surface area contributed by atoms with Crippen LogP contribution in [-0.4, -0.2) is 41.9 Å². The second-order valence-electron chi connectivity index (χ2n) is 6.03. The molecule has 1 unspecified atom stereocenters. The van der Waals surface area contributed by atoms with Crippen molar-refractivity contribution in [1.29, 1.82) is 0 Å². The van der Waals surface area contributed by atoms with Gasteiger partial charge < -0.3 is 16.0 Å². The molecule has 2 fully saturated rings. The van der Waals surface area contributed by atoms with Crippen LogP contribution >= 0.6 is 0 Å². The number of nitrogens with one attached hydrogen (secondary N) is 1. The molecule has 1 aliphatic heterocycles. The van der Waals surface area contributed by atoms with Crippen LogP contribution < -0.4 is 11.1 Å². The first-order valence-electron chi connectivity index (χ1n) is 6.77. The van der Waals surface area contributed by atoms with E-state index in [0.717, 1.165) is 25.7 Å². The highest BCUT2D eigenvalue weighted by molar-refractivity contribution is 5.90. The summed E-state index contributed by atoms with van der Waals surface area (Å²) in [4.78, 5) is 26.2. The number of carbonyl (C=O) groups is 2. The van der Waals surface area contributed by atoms with Crippen LogP contribution in [0.15, 0.2) is 0 Å². The van der Waals surface area contributed by atoms with E-state index >= 15 is 0 Å². The van der Waals surface area contributed by atoms with Gasteiger partial charge in [0.1, 0.15) is 6.04 Å². The molecule has 0 aromatic heterocycles. The fourth-order valence-electron chi connectivity index (χ4n) is 2.28. The maximum atomic E-state index is 12.4. The fraction of sp³-hybridized carbons (Fsp3) is 0.846. The lowest BCUT2D eigenvalue weighted by Gasteiger charge is -2.31. The monoisotopic (exact) mass is 253 g/mol. The van der Waals surface area contributed by atoms with E-state index in [1.54, 1.807) is 4.90 Å². The molecule has 0 spiro atoms. The summed E-state index contributed by atoms with van der Waals surface area (Å²) in [7, 11) is 0. The smallest absolute Gasteiger partial charge is 0.243 e. The predicted octanol–water partition coefficient (Wildman–Crippen LogP) is 0.241. The standard InChI is InChI=1S/C13H23N3O2/c1-13(2,8-14)12(18)16-7-3-4-10(16)11(17)15-9-5-6-9/h9-10H,3-8,14H2,1-2H3,(H,15,17). The number of nitrogens with two attached hydrogens (primary N) is 1. The second kappa shape index (κ2) is 4.88. The Morgan fingerprint density at radius 2 is 2.00 bits per heavy atom. The van der Waals surface area contributed by atoms with Crippen LogP contribution in [0.1, 0.15) is 39.5 Å². The van der Waals surface area contributed by atoms with Gasteiger partial charge in [-0.3, -0.25) is 9.59 Å². The number of rotatable bonds is 4. The average molecular weight is 253 g/mol. The molecule has 0 radical (unpaired) electrons. The van der Waals surface area contributed by atoms with Gasteiger partial charge in [0, 0.05) is 19.1 Å². The fourth-order valence-corrected chi connectivity index (χ4v) is 2.28. The molecule has 1 saturated heterocycles. The van der Waals surface area contributed by atoms with E-state index in [1.807, 2.05) is 13.8 Å². The molecular weight excluding hydrogens is 230 g/mol. The molecule has 1 atom stereocenters. The first kappa shape index (κ1) is 13.3. The molecule has 2 amide bonds. The van der Waals surface area contributed by atoms with Gasteiger partial charge >= 0.3 is 0 Å². The number of carbonyl (C=O) groups excluding carboxylic acids is 2. The third-order valence-electron chi connectivity index (χ3n) is 3.83. The Labute approximate surface area is 108 Å². The molecule has 0 aromatic rings. The normalized spacial score (nSPS) is 24.2. The van der Waals surface area contributed by atoms with Crippen LogP contribution in [0, 0.1) is 5.41 Å². The summed E-state index contributed by atoms with van der Waals surface area (Å²) in [6.07, 6.45) is 3.81. The number of hydrogen-bond donors (Lipinski definition) is 2. The van der Waals surface area contributed by atoms with Gasteiger partial charge in [-0.15, -0.1) is 0 Å². The van der Waals surface area contributed by atoms with Gasteiger partial charge in [-0.1, -0.05) is 0 Å². The first-order chi connectivity index (χ1) is 8.45. The largest absolute Gasteiger partial charge is 0.352 e. The van der Waals surface area contributed by atoms with Crippen molar-refractivity contribution in [3.05, 3.63) is 0 Å². The maximum absolute atomic E-state index is 12.4. The summed E-state index contributed by atoms with van der Waals surface area (Å²) in [6, 6.07) is 0.0569. The van der Waals surface area contributed by atoms with E-state index in [2.05, 4.69) is 5.32 Å². The minimum absolute atomic E-state index is 0.00144. The molecule has 5 nitrogen and oxygen atoms in total. The van der Waals surface area contributed by atoms with Crippen LogP contribution in [-0.2, 0) is 9.59 Å². The van der Waals surface area contributed by atoms with Gasteiger partial charge in [0.25, 0.3) is 0 Å². The van der Waals surface area contributed by atoms with Gasteiger partial charge in [-0.05, 0) is 39.5 Å². The predicted molar refractivity (Wildman–Crippen MR) is 68.7 cm³/mol. The quantitative estimate of drug-likeness (QED) is 0.753. The molecule has 0 aromatic carbocycles. The molecule has 0 bridgehead atoms. The van der Waals surface area contributed by atoms with Crippen LogP contribution in [0.4, 0.5) is 0 Å². The van der Waals surface area contributed by atoms with E-state index < -0.39 is 5.41 Å². The lowest BCUT2D eigenvalue weighted by atomic mass is 9.91. The highest BCUT2D eigenvalue weighted by Gasteiger charge is 2.40. The van der Waals surface area contributed by atoms with Gasteiger partial charge in [0.05, 0.1) is 5.41 Å². The Morgan fingerprint density at radius 1 is 1.33 bits per heavy atom. The van der Waals surface area contributed by atoms with Gasteiger partial charge in [-0.25, -0.2) is 0 Å². The Balaban J connectivity index is 2.02. The van der Waals surface area contributed by atoms with Crippen molar-refractivity contribution in [2.24, 2.45) is 11.1 Å². The zero-order chi connectivity index (χ0) is 13.3. The minimum atomic E-state index is -0.581. The van der Waals surface area contributed by atoms with E-state index in [4.69, 9.17) is 5.73 Å². The number of nitrogens with zero attached hydrogens (tertiary/aromatic N) is 1. The number of amides is 2. The average Bonchev–Trinajstić information content (AvgIpc) is 3.01. The minimum Gasteiger partial charge on any atom is -0.352 e. The van der Waals surface area contributed by atoms with Crippen molar-refractivity contribution in [1.82, 2.24) is 10.2 Å². The zero-order valence-electron chi connectivity index (χ0n) is 11.2. The van der Waals surface area contributed by atoms with Crippen molar-refractivity contribution >= 4 is 11.8 Å². The molecule has 102 valence electrons. The lowest BCUT2D eigenvalue weighted by molar-refractivity contribution is -0.145. The molecule has 3 N–H and O–H groups in total.